The molecule has 0 bridgehead atoms. The van der Waals surface area contributed by atoms with Gasteiger partial charge in [-0.3, -0.25) is 4.57 Å². The van der Waals surface area contributed by atoms with E-state index in [0.717, 1.165) is 12.8 Å². The molecule has 1 aromatic heterocycles. The number of imidazole rings is 1. The van der Waals surface area contributed by atoms with Crippen molar-refractivity contribution in [3.8, 4) is 0 Å². The summed E-state index contributed by atoms with van der Waals surface area (Å²) in [6.07, 6.45) is 4.92. The average Bonchev–Trinajstić information content (AvgIpc) is 2.84. The molecule has 1 aliphatic rings. The van der Waals surface area contributed by atoms with Gasteiger partial charge in [-0.1, -0.05) is 13.3 Å². The molecule has 0 amide bonds. The molecule has 88 valence electrons. The van der Waals surface area contributed by atoms with Gasteiger partial charge in [-0.25, -0.2) is 0 Å². The fraction of sp³-hybridized carbons (Fsp3) is 0.700. The Balaban J connectivity index is 2.04. The molecule has 1 aliphatic carbocycles. The van der Waals surface area contributed by atoms with Crippen molar-refractivity contribution in [2.75, 3.05) is 5.32 Å². The molecule has 0 radical (unpaired) electrons. The van der Waals surface area contributed by atoms with Crippen LogP contribution < -0.4 is 5.32 Å². The zero-order valence-corrected chi connectivity index (χ0v) is 9.51. The summed E-state index contributed by atoms with van der Waals surface area (Å²) in [6, 6.07) is 0.383. The van der Waals surface area contributed by atoms with E-state index in [-0.39, 0.29) is 5.82 Å². The molecule has 1 saturated carbocycles. The van der Waals surface area contributed by atoms with Crippen LogP contribution in [0.2, 0.25) is 0 Å². The first-order chi connectivity index (χ1) is 7.63. The highest BCUT2D eigenvalue weighted by molar-refractivity contribution is 5.53. The van der Waals surface area contributed by atoms with Crippen molar-refractivity contribution < 1.29 is 4.92 Å². The van der Waals surface area contributed by atoms with Gasteiger partial charge >= 0.3 is 5.82 Å². The minimum Gasteiger partial charge on any atom is -0.361 e. The number of hydrogen-bond donors (Lipinski definition) is 1. The zero-order chi connectivity index (χ0) is 11.7. The largest absolute Gasteiger partial charge is 0.406 e. The molecule has 6 nitrogen and oxygen atoms in total. The quantitative estimate of drug-likeness (QED) is 0.612. The van der Waals surface area contributed by atoms with Crippen LogP contribution in [0.15, 0.2) is 6.33 Å². The molecule has 2 unspecified atom stereocenters. The van der Waals surface area contributed by atoms with Gasteiger partial charge in [0.25, 0.3) is 0 Å². The molecule has 1 aromatic rings. The van der Waals surface area contributed by atoms with Gasteiger partial charge < -0.3 is 15.4 Å². The second-order valence-corrected chi connectivity index (χ2v) is 4.32. The highest BCUT2D eigenvalue weighted by Gasteiger charge is 2.38. The summed E-state index contributed by atoms with van der Waals surface area (Å²) >= 11 is 0. The van der Waals surface area contributed by atoms with Gasteiger partial charge in [-0.15, -0.1) is 0 Å². The van der Waals surface area contributed by atoms with Crippen LogP contribution >= 0.6 is 0 Å². The Kier molecular flexibility index (Phi) is 2.80. The van der Waals surface area contributed by atoms with Crippen molar-refractivity contribution in [3.63, 3.8) is 0 Å². The summed E-state index contributed by atoms with van der Waals surface area (Å²) in [6.45, 7) is 2.15. The first-order valence-electron chi connectivity index (χ1n) is 5.55. The maximum atomic E-state index is 10.7. The van der Waals surface area contributed by atoms with Gasteiger partial charge in [0, 0.05) is 13.1 Å². The highest BCUT2D eigenvalue weighted by Crippen LogP contribution is 2.38. The van der Waals surface area contributed by atoms with Crippen molar-refractivity contribution in [2.45, 2.75) is 32.2 Å². The molecule has 1 N–H and O–H groups in total. The normalized spacial score (nSPS) is 23.1. The van der Waals surface area contributed by atoms with E-state index in [1.165, 1.54) is 12.7 Å². The minimum atomic E-state index is -0.445. The number of aromatic nitrogens is 2. The van der Waals surface area contributed by atoms with Gasteiger partial charge in [-0.2, -0.15) is 0 Å². The lowest BCUT2D eigenvalue weighted by molar-refractivity contribution is -0.388. The van der Waals surface area contributed by atoms with E-state index in [1.807, 2.05) is 0 Å². The third-order valence-corrected chi connectivity index (χ3v) is 2.99. The number of nitro groups is 1. The topological polar surface area (TPSA) is 73.0 Å². The van der Waals surface area contributed by atoms with Gasteiger partial charge in [0.15, 0.2) is 0 Å². The number of rotatable bonds is 5. The van der Waals surface area contributed by atoms with Crippen molar-refractivity contribution >= 4 is 11.6 Å². The molecule has 0 aliphatic heterocycles. The third kappa shape index (κ3) is 2.00. The lowest BCUT2D eigenvalue weighted by Gasteiger charge is -2.05. The Bertz CT molecular complexity index is 402. The Morgan fingerprint density at radius 2 is 2.50 bits per heavy atom. The summed E-state index contributed by atoms with van der Waals surface area (Å²) in [5, 5.41) is 13.9. The maximum absolute atomic E-state index is 10.7. The van der Waals surface area contributed by atoms with Gasteiger partial charge in [0.2, 0.25) is 12.1 Å². The van der Waals surface area contributed by atoms with Crippen molar-refractivity contribution in [2.24, 2.45) is 13.0 Å². The van der Waals surface area contributed by atoms with E-state index >= 15 is 0 Å². The standard InChI is InChI=1S/C10H16N4O2/c1-3-4-7-5-8(7)12-10-9(14(15)16)11-6-13(10)2/h6-8,12H,3-5H2,1-2H3. The number of anilines is 1. The Labute approximate surface area is 93.8 Å². The van der Waals surface area contributed by atoms with Crippen LogP contribution in [0.3, 0.4) is 0 Å². The van der Waals surface area contributed by atoms with Crippen LogP contribution in [0.1, 0.15) is 26.2 Å². The molecule has 6 heteroatoms. The minimum absolute atomic E-state index is 0.0790. The van der Waals surface area contributed by atoms with Crippen LogP contribution in [-0.4, -0.2) is 20.5 Å². The number of hydrogen-bond acceptors (Lipinski definition) is 4. The molecule has 0 saturated heterocycles. The van der Waals surface area contributed by atoms with E-state index < -0.39 is 4.92 Å². The second-order valence-electron chi connectivity index (χ2n) is 4.32. The molecule has 16 heavy (non-hydrogen) atoms. The Hall–Kier alpha value is -1.59. The Morgan fingerprint density at radius 1 is 1.75 bits per heavy atom. The summed E-state index contributed by atoms with van der Waals surface area (Å²) in [7, 11) is 1.76. The predicted octanol–water partition coefficient (Wildman–Crippen LogP) is 1.93. The maximum Gasteiger partial charge on any atom is 0.406 e. The second kappa shape index (κ2) is 4.11. The van der Waals surface area contributed by atoms with E-state index in [9.17, 15) is 10.1 Å². The molecule has 1 heterocycles. The number of aryl methyl sites for hydroxylation is 1. The fourth-order valence-electron chi connectivity index (χ4n) is 2.01. The van der Waals surface area contributed by atoms with Crippen LogP contribution in [0.25, 0.3) is 0 Å². The van der Waals surface area contributed by atoms with Crippen molar-refractivity contribution in [3.05, 3.63) is 16.4 Å². The lowest BCUT2D eigenvalue weighted by atomic mass is 10.2. The summed E-state index contributed by atoms with van der Waals surface area (Å²) < 4.78 is 1.67. The SMILES string of the molecule is CCCC1CC1Nc1c([N+](=O)[O-])ncn1C. The monoisotopic (exact) mass is 224 g/mol. The van der Waals surface area contributed by atoms with Crippen LogP contribution in [-0.2, 0) is 7.05 Å². The lowest BCUT2D eigenvalue weighted by Crippen LogP contribution is -2.09. The van der Waals surface area contributed by atoms with Gasteiger partial charge in [-0.05, 0) is 28.7 Å². The van der Waals surface area contributed by atoms with Gasteiger partial charge in [0.05, 0.1) is 0 Å². The number of nitrogens with zero attached hydrogens (tertiary/aromatic N) is 3. The van der Waals surface area contributed by atoms with Crippen LogP contribution in [0, 0.1) is 16.0 Å². The number of nitrogens with one attached hydrogen (secondary N) is 1. The van der Waals surface area contributed by atoms with Crippen molar-refractivity contribution in [1.29, 1.82) is 0 Å². The van der Waals surface area contributed by atoms with Crippen LogP contribution in [0.4, 0.5) is 11.6 Å². The zero-order valence-electron chi connectivity index (χ0n) is 9.51. The molecule has 0 spiro atoms. The Morgan fingerprint density at radius 3 is 3.12 bits per heavy atom. The van der Waals surface area contributed by atoms with E-state index in [4.69, 9.17) is 0 Å². The van der Waals surface area contributed by atoms with E-state index in [2.05, 4.69) is 17.2 Å². The smallest absolute Gasteiger partial charge is 0.361 e. The molecular formula is C10H16N4O2. The van der Waals surface area contributed by atoms with Crippen molar-refractivity contribution in [1.82, 2.24) is 9.55 Å². The first-order valence-corrected chi connectivity index (χ1v) is 5.55. The van der Waals surface area contributed by atoms with Crippen LogP contribution in [0.5, 0.6) is 0 Å². The predicted molar refractivity (Wildman–Crippen MR) is 60.3 cm³/mol. The fourth-order valence-corrected chi connectivity index (χ4v) is 2.01. The molecule has 0 aromatic carbocycles. The molecular weight excluding hydrogens is 208 g/mol. The van der Waals surface area contributed by atoms with E-state index in [0.29, 0.717) is 17.8 Å². The third-order valence-electron chi connectivity index (χ3n) is 2.99. The van der Waals surface area contributed by atoms with E-state index in [1.54, 1.807) is 11.6 Å². The summed E-state index contributed by atoms with van der Waals surface area (Å²) in [5.41, 5.74) is 0. The first kappa shape index (κ1) is 10.9. The molecule has 1 fully saturated rings. The molecule has 2 atom stereocenters. The highest BCUT2D eigenvalue weighted by atomic mass is 16.6. The average molecular weight is 224 g/mol. The summed E-state index contributed by atoms with van der Waals surface area (Å²) in [4.78, 5) is 14.1. The van der Waals surface area contributed by atoms with Gasteiger partial charge in [0.1, 0.15) is 0 Å². The summed E-state index contributed by atoms with van der Waals surface area (Å²) in [5.74, 6) is 1.11. The molecule has 2 rings (SSSR count).